The number of carbonyl (C=O) groups excluding carboxylic acids is 2. The minimum Gasteiger partial charge on any atom is -0.467 e. The van der Waals surface area contributed by atoms with E-state index in [1.807, 2.05) is 19.9 Å². The molecule has 0 saturated heterocycles. The molecule has 2 aromatic heterocycles. The number of nitrogens with zero attached hydrogens (tertiary/aromatic N) is 4. The average molecular weight is 352 g/mol. The normalized spacial score (nSPS) is 12.2. The van der Waals surface area contributed by atoms with Crippen molar-refractivity contribution in [2.45, 2.75) is 37.7 Å². The van der Waals surface area contributed by atoms with Crippen LogP contribution in [0, 0.1) is 5.92 Å². The number of urea groups is 1. The molecule has 130 valence electrons. The summed E-state index contributed by atoms with van der Waals surface area (Å²) in [5, 5.41) is 16.3. The van der Waals surface area contributed by atoms with Gasteiger partial charge in [0.15, 0.2) is 0 Å². The van der Waals surface area contributed by atoms with Crippen molar-refractivity contribution < 1.29 is 14.0 Å². The van der Waals surface area contributed by atoms with Gasteiger partial charge in [0.1, 0.15) is 12.3 Å². The summed E-state index contributed by atoms with van der Waals surface area (Å²) < 4.78 is 6.79. The minimum atomic E-state index is -0.531. The fraction of sp³-hybridized carbons (Fsp3) is 0.500. The Morgan fingerprint density at radius 3 is 2.83 bits per heavy atom. The summed E-state index contributed by atoms with van der Waals surface area (Å²) in [6.07, 6.45) is 1.57. The van der Waals surface area contributed by atoms with Crippen molar-refractivity contribution >= 4 is 23.7 Å². The van der Waals surface area contributed by atoms with Gasteiger partial charge in [0.2, 0.25) is 11.1 Å². The first-order chi connectivity index (χ1) is 11.5. The Bertz CT molecular complexity index is 670. The first kappa shape index (κ1) is 18.0. The molecule has 0 aliphatic rings. The summed E-state index contributed by atoms with van der Waals surface area (Å²) in [4.78, 5) is 23.7. The maximum Gasteiger partial charge on any atom is 0.321 e. The van der Waals surface area contributed by atoms with E-state index < -0.39 is 17.2 Å². The van der Waals surface area contributed by atoms with Gasteiger partial charge in [-0.15, -0.1) is 5.10 Å². The standard InChI is InChI=1S/C14H20N6O3S/c1-9(2)7-15-13(22)16-12(21)10(3)24-14-17-18-19-20(14)8-11-5-4-6-23-11/h4-6,9-10H,7-8H2,1-3H3,(H2,15,16,21,22). The number of tetrazole rings is 1. The molecule has 2 rings (SSSR count). The first-order valence-electron chi connectivity index (χ1n) is 7.49. The molecule has 10 heteroatoms. The van der Waals surface area contributed by atoms with Crippen molar-refractivity contribution in [3.63, 3.8) is 0 Å². The number of aromatic nitrogens is 4. The second kappa shape index (κ2) is 8.48. The van der Waals surface area contributed by atoms with Gasteiger partial charge < -0.3 is 9.73 Å². The summed E-state index contributed by atoms with van der Waals surface area (Å²) in [6.45, 7) is 6.49. The third-order valence-electron chi connectivity index (χ3n) is 2.94. The fourth-order valence-corrected chi connectivity index (χ4v) is 2.49. The SMILES string of the molecule is CC(C)CNC(=O)NC(=O)C(C)Sc1nnnn1Cc1ccco1. The van der Waals surface area contributed by atoms with Crippen molar-refractivity contribution in [1.29, 1.82) is 0 Å². The van der Waals surface area contributed by atoms with Crippen LogP contribution in [-0.4, -0.2) is 43.9 Å². The molecular formula is C14H20N6O3S. The van der Waals surface area contributed by atoms with E-state index in [4.69, 9.17) is 4.42 Å². The Labute approximate surface area is 143 Å². The molecule has 3 amide bonds. The topological polar surface area (TPSA) is 115 Å². The number of nitrogens with one attached hydrogen (secondary N) is 2. The number of furan rings is 1. The van der Waals surface area contributed by atoms with Crippen molar-refractivity contribution in [2.75, 3.05) is 6.54 Å². The molecule has 1 atom stereocenters. The fourth-order valence-electron chi connectivity index (χ4n) is 1.70. The third-order valence-corrected chi connectivity index (χ3v) is 4.01. The molecule has 9 nitrogen and oxygen atoms in total. The Morgan fingerprint density at radius 1 is 1.38 bits per heavy atom. The molecule has 0 saturated carbocycles. The Hall–Kier alpha value is -2.36. The lowest BCUT2D eigenvalue weighted by atomic mass is 10.2. The molecule has 1 unspecified atom stereocenters. The Kier molecular flexibility index (Phi) is 6.36. The number of amides is 3. The van der Waals surface area contributed by atoms with Gasteiger partial charge in [-0.2, -0.15) is 0 Å². The van der Waals surface area contributed by atoms with Gasteiger partial charge in [-0.05, 0) is 35.4 Å². The largest absolute Gasteiger partial charge is 0.467 e. The molecule has 0 spiro atoms. The van der Waals surface area contributed by atoms with Gasteiger partial charge in [-0.3, -0.25) is 10.1 Å². The third kappa shape index (κ3) is 5.37. The quantitative estimate of drug-likeness (QED) is 0.721. The zero-order valence-corrected chi connectivity index (χ0v) is 14.5. The van der Waals surface area contributed by atoms with Gasteiger partial charge in [0.05, 0.1) is 11.5 Å². The summed E-state index contributed by atoms with van der Waals surface area (Å²) in [5.74, 6) is 0.604. The van der Waals surface area contributed by atoms with E-state index in [1.54, 1.807) is 19.3 Å². The molecule has 0 bridgehead atoms. The van der Waals surface area contributed by atoms with Crippen LogP contribution in [0.15, 0.2) is 28.0 Å². The number of carbonyl (C=O) groups is 2. The predicted octanol–water partition coefficient (Wildman–Crippen LogP) is 1.28. The minimum absolute atomic E-state index is 0.309. The highest BCUT2D eigenvalue weighted by Gasteiger charge is 2.20. The number of hydrogen-bond donors (Lipinski definition) is 2. The highest BCUT2D eigenvalue weighted by Crippen LogP contribution is 2.21. The molecule has 0 fully saturated rings. The van der Waals surface area contributed by atoms with Crippen molar-refractivity contribution in [3.05, 3.63) is 24.2 Å². The lowest BCUT2D eigenvalue weighted by Crippen LogP contribution is -2.43. The Morgan fingerprint density at radius 2 is 2.17 bits per heavy atom. The van der Waals surface area contributed by atoms with Crippen molar-refractivity contribution in [2.24, 2.45) is 5.92 Å². The van der Waals surface area contributed by atoms with E-state index >= 15 is 0 Å². The van der Waals surface area contributed by atoms with E-state index in [2.05, 4.69) is 26.2 Å². The highest BCUT2D eigenvalue weighted by molar-refractivity contribution is 8.00. The zero-order valence-electron chi connectivity index (χ0n) is 13.7. The summed E-state index contributed by atoms with van der Waals surface area (Å²) >= 11 is 1.17. The van der Waals surface area contributed by atoms with Gasteiger partial charge in [0, 0.05) is 6.54 Å². The molecule has 2 N–H and O–H groups in total. The van der Waals surface area contributed by atoms with Crippen LogP contribution in [0.5, 0.6) is 0 Å². The zero-order chi connectivity index (χ0) is 17.5. The summed E-state index contributed by atoms with van der Waals surface area (Å²) in [5.41, 5.74) is 0. The summed E-state index contributed by atoms with van der Waals surface area (Å²) in [7, 11) is 0. The van der Waals surface area contributed by atoms with Gasteiger partial charge in [-0.1, -0.05) is 25.6 Å². The number of rotatable bonds is 7. The first-order valence-corrected chi connectivity index (χ1v) is 8.37. The van der Waals surface area contributed by atoms with Crippen LogP contribution in [0.4, 0.5) is 4.79 Å². The molecule has 2 heterocycles. The van der Waals surface area contributed by atoms with Crippen molar-refractivity contribution in [1.82, 2.24) is 30.8 Å². The van der Waals surface area contributed by atoms with Crippen LogP contribution in [-0.2, 0) is 11.3 Å². The Balaban J connectivity index is 1.87. The monoisotopic (exact) mass is 352 g/mol. The summed E-state index contributed by atoms with van der Waals surface area (Å²) in [6, 6.07) is 3.08. The molecular weight excluding hydrogens is 332 g/mol. The highest BCUT2D eigenvalue weighted by atomic mass is 32.2. The molecule has 24 heavy (non-hydrogen) atoms. The molecule has 0 radical (unpaired) electrons. The van der Waals surface area contributed by atoms with Crippen LogP contribution in [0.3, 0.4) is 0 Å². The van der Waals surface area contributed by atoms with Crippen molar-refractivity contribution in [3.8, 4) is 0 Å². The van der Waals surface area contributed by atoms with E-state index in [9.17, 15) is 9.59 Å². The number of hydrogen-bond acceptors (Lipinski definition) is 7. The molecule has 2 aromatic rings. The number of thioether (sulfide) groups is 1. The van der Waals surface area contributed by atoms with E-state index in [0.29, 0.717) is 29.9 Å². The van der Waals surface area contributed by atoms with E-state index in [1.165, 1.54) is 16.4 Å². The van der Waals surface area contributed by atoms with Gasteiger partial charge in [-0.25, -0.2) is 9.48 Å². The second-order valence-electron chi connectivity index (χ2n) is 5.55. The van der Waals surface area contributed by atoms with Gasteiger partial charge in [0.25, 0.3) is 0 Å². The predicted molar refractivity (Wildman–Crippen MR) is 87.3 cm³/mol. The van der Waals surface area contributed by atoms with Gasteiger partial charge >= 0.3 is 6.03 Å². The molecule has 0 aliphatic carbocycles. The van der Waals surface area contributed by atoms with Crippen LogP contribution in [0.1, 0.15) is 26.5 Å². The molecule has 0 aliphatic heterocycles. The van der Waals surface area contributed by atoms with Crippen LogP contribution < -0.4 is 10.6 Å². The molecule has 0 aromatic carbocycles. The maximum atomic E-state index is 12.1. The smallest absolute Gasteiger partial charge is 0.321 e. The second-order valence-corrected chi connectivity index (χ2v) is 6.86. The van der Waals surface area contributed by atoms with E-state index in [-0.39, 0.29) is 0 Å². The number of imide groups is 1. The lowest BCUT2D eigenvalue weighted by Gasteiger charge is -2.12. The van der Waals surface area contributed by atoms with Crippen LogP contribution in [0.25, 0.3) is 0 Å². The lowest BCUT2D eigenvalue weighted by molar-refractivity contribution is -0.119. The maximum absolute atomic E-state index is 12.1. The van der Waals surface area contributed by atoms with Crippen LogP contribution in [0.2, 0.25) is 0 Å². The van der Waals surface area contributed by atoms with E-state index in [0.717, 1.165) is 0 Å². The average Bonchev–Trinajstić information content (AvgIpc) is 3.18. The van der Waals surface area contributed by atoms with Crippen LogP contribution >= 0.6 is 11.8 Å².